The Morgan fingerprint density at radius 2 is 1.45 bits per heavy atom. The standard InChI is InChI=1S/C11H18N2O5S2/c12-3-9(15)17-5-7-8(6-18-10(16)4-13)20-11(19-7)1-2-14/h2,7-8,11H,1,3-6,12-13H2/t7-,8+,11?. The lowest BCUT2D eigenvalue weighted by atomic mass is 10.3. The fraction of sp³-hybridized carbons (Fsp3) is 0.727. The summed E-state index contributed by atoms with van der Waals surface area (Å²) in [6, 6.07) is 0. The molecule has 20 heavy (non-hydrogen) atoms. The third-order valence-electron chi connectivity index (χ3n) is 2.51. The van der Waals surface area contributed by atoms with Gasteiger partial charge in [-0.3, -0.25) is 9.59 Å². The molecule has 0 bridgehead atoms. The maximum absolute atomic E-state index is 11.1. The molecule has 1 aliphatic heterocycles. The van der Waals surface area contributed by atoms with E-state index in [1.54, 1.807) is 23.5 Å². The molecule has 4 N–H and O–H groups in total. The van der Waals surface area contributed by atoms with Crippen LogP contribution in [0.25, 0.3) is 0 Å². The second-order valence-corrected chi connectivity index (χ2v) is 7.15. The van der Waals surface area contributed by atoms with Gasteiger partial charge < -0.3 is 25.7 Å². The fourth-order valence-corrected chi connectivity index (χ4v) is 5.01. The third-order valence-corrected chi connectivity index (χ3v) is 5.97. The van der Waals surface area contributed by atoms with E-state index in [4.69, 9.17) is 20.9 Å². The summed E-state index contributed by atoms with van der Waals surface area (Å²) in [5, 5.41) is -0.0722. The van der Waals surface area contributed by atoms with Crippen LogP contribution in [0, 0.1) is 0 Å². The number of esters is 2. The SMILES string of the molecule is NCC(=O)OC[C@@H]1SC(CC=O)S[C@@H]1COC(=O)CN. The largest absolute Gasteiger partial charge is 0.464 e. The molecule has 1 saturated heterocycles. The first-order chi connectivity index (χ1) is 9.60. The van der Waals surface area contributed by atoms with Crippen molar-refractivity contribution < 1.29 is 23.9 Å². The van der Waals surface area contributed by atoms with Gasteiger partial charge in [0.1, 0.15) is 19.5 Å². The van der Waals surface area contributed by atoms with E-state index in [9.17, 15) is 14.4 Å². The first-order valence-corrected chi connectivity index (χ1v) is 7.95. The lowest BCUT2D eigenvalue weighted by molar-refractivity contribution is -0.144. The van der Waals surface area contributed by atoms with Crippen molar-refractivity contribution in [2.45, 2.75) is 21.5 Å². The van der Waals surface area contributed by atoms with Gasteiger partial charge in [0.05, 0.1) is 28.2 Å². The van der Waals surface area contributed by atoms with Crippen molar-refractivity contribution in [2.75, 3.05) is 26.3 Å². The van der Waals surface area contributed by atoms with Crippen molar-refractivity contribution in [3.05, 3.63) is 0 Å². The number of rotatable bonds is 8. The van der Waals surface area contributed by atoms with Crippen LogP contribution in [0.15, 0.2) is 0 Å². The van der Waals surface area contributed by atoms with Crippen LogP contribution >= 0.6 is 23.5 Å². The summed E-state index contributed by atoms with van der Waals surface area (Å²) in [5.74, 6) is -0.959. The average Bonchev–Trinajstić information content (AvgIpc) is 2.84. The molecular weight excluding hydrogens is 304 g/mol. The number of hydrogen-bond acceptors (Lipinski definition) is 9. The van der Waals surface area contributed by atoms with Gasteiger partial charge in [-0.1, -0.05) is 0 Å². The Bertz CT molecular complexity index is 328. The van der Waals surface area contributed by atoms with Crippen LogP contribution < -0.4 is 11.5 Å². The van der Waals surface area contributed by atoms with E-state index in [1.807, 2.05) is 0 Å². The van der Waals surface area contributed by atoms with E-state index in [-0.39, 0.29) is 41.4 Å². The van der Waals surface area contributed by atoms with Gasteiger partial charge in [-0.25, -0.2) is 0 Å². The lowest BCUT2D eigenvalue weighted by Gasteiger charge is -2.17. The van der Waals surface area contributed by atoms with Crippen LogP contribution in [-0.2, 0) is 23.9 Å². The number of thioether (sulfide) groups is 2. The maximum atomic E-state index is 11.1. The Balaban J connectivity index is 2.49. The van der Waals surface area contributed by atoms with E-state index in [0.29, 0.717) is 6.42 Å². The Kier molecular flexibility index (Phi) is 7.97. The Labute approximate surface area is 125 Å². The van der Waals surface area contributed by atoms with Gasteiger partial charge in [0, 0.05) is 6.42 Å². The molecule has 114 valence electrons. The van der Waals surface area contributed by atoms with Gasteiger partial charge >= 0.3 is 11.9 Å². The summed E-state index contributed by atoms with van der Waals surface area (Å²) in [6.07, 6.45) is 1.25. The number of carbonyl (C=O) groups excluding carboxylic acids is 3. The van der Waals surface area contributed by atoms with Gasteiger partial charge in [-0.15, -0.1) is 23.5 Å². The lowest BCUT2D eigenvalue weighted by Crippen LogP contribution is -2.30. The zero-order chi connectivity index (χ0) is 15.0. The summed E-state index contributed by atoms with van der Waals surface area (Å²) in [6.45, 7) is 0.0338. The molecule has 0 aromatic carbocycles. The Morgan fingerprint density at radius 1 is 1.00 bits per heavy atom. The van der Waals surface area contributed by atoms with E-state index in [0.717, 1.165) is 6.29 Å². The minimum atomic E-state index is -0.479. The molecule has 1 unspecified atom stereocenters. The number of ether oxygens (including phenoxy) is 2. The quantitative estimate of drug-likeness (QED) is 0.433. The molecule has 9 heteroatoms. The number of aldehydes is 1. The summed E-state index contributed by atoms with van der Waals surface area (Å²) >= 11 is 3.09. The van der Waals surface area contributed by atoms with Crippen LogP contribution in [0.1, 0.15) is 6.42 Å². The second kappa shape index (κ2) is 9.22. The second-order valence-electron chi connectivity index (χ2n) is 3.96. The highest BCUT2D eigenvalue weighted by atomic mass is 32.2. The molecule has 0 spiro atoms. The van der Waals surface area contributed by atoms with Crippen molar-refractivity contribution in [1.82, 2.24) is 0 Å². The minimum absolute atomic E-state index is 0.0361. The summed E-state index contributed by atoms with van der Waals surface area (Å²) in [5.41, 5.74) is 10.3. The maximum Gasteiger partial charge on any atom is 0.319 e. The van der Waals surface area contributed by atoms with Gasteiger partial charge in [-0.2, -0.15) is 0 Å². The normalized spacial score (nSPS) is 25.2. The summed E-state index contributed by atoms with van der Waals surface area (Å²) in [7, 11) is 0. The average molecular weight is 322 g/mol. The minimum Gasteiger partial charge on any atom is -0.464 e. The fourth-order valence-electron chi connectivity index (χ4n) is 1.55. The van der Waals surface area contributed by atoms with Crippen LogP contribution in [0.2, 0.25) is 0 Å². The van der Waals surface area contributed by atoms with Crippen molar-refractivity contribution in [3.8, 4) is 0 Å². The summed E-state index contributed by atoms with van der Waals surface area (Å²) < 4.78 is 10.1. The molecule has 7 nitrogen and oxygen atoms in total. The van der Waals surface area contributed by atoms with E-state index >= 15 is 0 Å². The molecule has 1 heterocycles. The van der Waals surface area contributed by atoms with Crippen molar-refractivity contribution in [3.63, 3.8) is 0 Å². The van der Waals surface area contributed by atoms with Crippen molar-refractivity contribution in [1.29, 1.82) is 0 Å². The Morgan fingerprint density at radius 3 is 1.80 bits per heavy atom. The van der Waals surface area contributed by atoms with E-state index in [1.165, 1.54) is 0 Å². The molecule has 0 aliphatic carbocycles. The molecule has 1 aliphatic rings. The van der Waals surface area contributed by atoms with Gasteiger partial charge in [0.2, 0.25) is 0 Å². The highest BCUT2D eigenvalue weighted by molar-refractivity contribution is 8.20. The predicted octanol–water partition coefficient (Wildman–Crippen LogP) is -0.877. The Hall–Kier alpha value is -0.770. The zero-order valence-electron chi connectivity index (χ0n) is 10.9. The molecule has 0 amide bonds. The first kappa shape index (κ1) is 17.3. The molecule has 0 saturated carbocycles. The molecule has 0 aromatic heterocycles. The number of hydrogen-bond donors (Lipinski definition) is 2. The smallest absolute Gasteiger partial charge is 0.319 e. The monoisotopic (exact) mass is 322 g/mol. The van der Waals surface area contributed by atoms with Crippen LogP contribution in [-0.4, -0.2) is 59.6 Å². The van der Waals surface area contributed by atoms with Gasteiger partial charge in [0.25, 0.3) is 0 Å². The van der Waals surface area contributed by atoms with E-state index in [2.05, 4.69) is 0 Å². The number of nitrogens with two attached hydrogens (primary N) is 2. The number of carbonyl (C=O) groups is 3. The van der Waals surface area contributed by atoms with Gasteiger partial charge in [0.15, 0.2) is 0 Å². The predicted molar refractivity (Wildman–Crippen MR) is 77.3 cm³/mol. The molecule has 1 rings (SSSR count). The molecule has 0 aromatic rings. The van der Waals surface area contributed by atoms with E-state index < -0.39 is 11.9 Å². The van der Waals surface area contributed by atoms with Crippen LogP contribution in [0.3, 0.4) is 0 Å². The highest BCUT2D eigenvalue weighted by Crippen LogP contribution is 2.45. The molecule has 1 fully saturated rings. The topological polar surface area (TPSA) is 122 Å². The zero-order valence-corrected chi connectivity index (χ0v) is 12.5. The van der Waals surface area contributed by atoms with Crippen molar-refractivity contribution in [2.24, 2.45) is 11.5 Å². The van der Waals surface area contributed by atoms with Crippen LogP contribution in [0.5, 0.6) is 0 Å². The van der Waals surface area contributed by atoms with Gasteiger partial charge in [-0.05, 0) is 0 Å². The van der Waals surface area contributed by atoms with Crippen molar-refractivity contribution >= 4 is 41.7 Å². The van der Waals surface area contributed by atoms with Crippen LogP contribution in [0.4, 0.5) is 0 Å². The molecule has 0 radical (unpaired) electrons. The third kappa shape index (κ3) is 5.70. The molecule has 3 atom stereocenters. The summed E-state index contributed by atoms with van der Waals surface area (Å²) in [4.78, 5) is 32.7. The molecular formula is C11H18N2O5S2. The highest BCUT2D eigenvalue weighted by Gasteiger charge is 2.37. The first-order valence-electron chi connectivity index (χ1n) is 6.06.